The second-order valence-corrected chi connectivity index (χ2v) is 6.89. The Kier molecular flexibility index (Phi) is 5.28. The van der Waals surface area contributed by atoms with Gasteiger partial charge in [-0.25, -0.2) is 0 Å². The van der Waals surface area contributed by atoms with Crippen molar-refractivity contribution in [3.8, 4) is 5.75 Å². The Labute approximate surface area is 163 Å². The number of H-pyrrole nitrogens is 1. The fraction of sp³-hybridized carbons (Fsp3) is 0.273. The zero-order chi connectivity index (χ0) is 19.3. The van der Waals surface area contributed by atoms with Crippen molar-refractivity contribution >= 4 is 28.4 Å². The number of ether oxygens (including phenoxy) is 1. The molecular formula is C22H23N3O3. The summed E-state index contributed by atoms with van der Waals surface area (Å²) >= 11 is 0. The highest BCUT2D eigenvalue weighted by atomic mass is 16.5. The second kappa shape index (κ2) is 8.17. The van der Waals surface area contributed by atoms with E-state index in [4.69, 9.17) is 4.74 Å². The van der Waals surface area contributed by atoms with Gasteiger partial charge in [0.25, 0.3) is 5.91 Å². The first-order chi connectivity index (χ1) is 13.7. The number of aromatic nitrogens is 1. The molecule has 0 aliphatic carbocycles. The van der Waals surface area contributed by atoms with Gasteiger partial charge in [0.15, 0.2) is 6.61 Å². The van der Waals surface area contributed by atoms with E-state index < -0.39 is 0 Å². The third kappa shape index (κ3) is 4.01. The maximum absolute atomic E-state index is 12.0. The Bertz CT molecular complexity index is 978. The molecule has 0 saturated carbocycles. The molecule has 0 radical (unpaired) electrons. The number of nitrogens with zero attached hydrogens (tertiary/aromatic N) is 1. The lowest BCUT2D eigenvalue weighted by Gasteiger charge is -2.16. The van der Waals surface area contributed by atoms with Crippen LogP contribution in [0.2, 0.25) is 0 Å². The zero-order valence-corrected chi connectivity index (χ0v) is 15.6. The van der Waals surface area contributed by atoms with Gasteiger partial charge in [0, 0.05) is 42.3 Å². The Morgan fingerprint density at radius 3 is 2.75 bits per heavy atom. The Morgan fingerprint density at radius 2 is 1.96 bits per heavy atom. The van der Waals surface area contributed by atoms with Crippen molar-refractivity contribution in [1.82, 2.24) is 10.3 Å². The minimum atomic E-state index is -0.154. The van der Waals surface area contributed by atoms with Crippen molar-refractivity contribution < 1.29 is 14.3 Å². The van der Waals surface area contributed by atoms with E-state index in [1.54, 1.807) is 17.0 Å². The van der Waals surface area contributed by atoms with Crippen LogP contribution in [-0.4, -0.2) is 36.5 Å². The molecule has 3 aromatic rings. The standard InChI is InChI=1S/C22H23N3O3/c26-21(23-12-11-16-14-24-20-5-2-1-4-19(16)20)15-28-18-9-7-17(8-10-18)25-13-3-6-22(25)27/h1-2,4-5,7-10,14,24H,3,6,11-13,15H2,(H,23,26). The van der Waals surface area contributed by atoms with Crippen molar-refractivity contribution in [3.05, 3.63) is 60.3 Å². The number of aromatic amines is 1. The lowest BCUT2D eigenvalue weighted by molar-refractivity contribution is -0.123. The summed E-state index contributed by atoms with van der Waals surface area (Å²) in [6, 6.07) is 15.4. The Balaban J connectivity index is 1.22. The fourth-order valence-corrected chi connectivity index (χ4v) is 3.52. The summed E-state index contributed by atoms with van der Waals surface area (Å²) in [5.41, 5.74) is 3.16. The minimum absolute atomic E-state index is 0.0319. The van der Waals surface area contributed by atoms with Crippen molar-refractivity contribution in [2.24, 2.45) is 0 Å². The molecule has 0 bridgehead atoms. The summed E-state index contributed by atoms with van der Waals surface area (Å²) < 4.78 is 5.55. The topological polar surface area (TPSA) is 74.4 Å². The van der Waals surface area contributed by atoms with E-state index in [0.717, 1.165) is 30.6 Å². The average molecular weight is 377 g/mol. The van der Waals surface area contributed by atoms with Gasteiger partial charge in [-0.1, -0.05) is 18.2 Å². The van der Waals surface area contributed by atoms with Crippen LogP contribution in [0.5, 0.6) is 5.75 Å². The third-order valence-electron chi connectivity index (χ3n) is 4.98. The predicted molar refractivity (Wildman–Crippen MR) is 109 cm³/mol. The molecule has 0 atom stereocenters. The summed E-state index contributed by atoms with van der Waals surface area (Å²) in [4.78, 5) is 28.8. The first-order valence-corrected chi connectivity index (χ1v) is 9.55. The lowest BCUT2D eigenvalue weighted by Crippen LogP contribution is -2.30. The number of nitrogens with one attached hydrogen (secondary N) is 2. The van der Waals surface area contributed by atoms with Gasteiger partial charge in [0.1, 0.15) is 5.75 Å². The number of para-hydroxylation sites is 1. The summed E-state index contributed by atoms with van der Waals surface area (Å²) in [6.45, 7) is 1.29. The van der Waals surface area contributed by atoms with Gasteiger partial charge < -0.3 is 19.9 Å². The first-order valence-electron chi connectivity index (χ1n) is 9.55. The van der Waals surface area contributed by atoms with Crippen molar-refractivity contribution in [1.29, 1.82) is 0 Å². The van der Waals surface area contributed by atoms with Crippen molar-refractivity contribution in [3.63, 3.8) is 0 Å². The van der Waals surface area contributed by atoms with Crippen LogP contribution in [-0.2, 0) is 16.0 Å². The van der Waals surface area contributed by atoms with Crippen LogP contribution in [0.25, 0.3) is 10.9 Å². The van der Waals surface area contributed by atoms with Crippen molar-refractivity contribution in [2.75, 3.05) is 24.6 Å². The quantitative estimate of drug-likeness (QED) is 0.665. The van der Waals surface area contributed by atoms with E-state index in [1.807, 2.05) is 36.5 Å². The summed E-state index contributed by atoms with van der Waals surface area (Å²) in [5.74, 6) is 0.615. The lowest BCUT2D eigenvalue weighted by atomic mass is 10.1. The van der Waals surface area contributed by atoms with E-state index >= 15 is 0 Å². The molecule has 28 heavy (non-hydrogen) atoms. The summed E-state index contributed by atoms with van der Waals surface area (Å²) in [6.07, 6.45) is 4.25. The largest absolute Gasteiger partial charge is 0.484 e. The molecule has 2 heterocycles. The van der Waals surface area contributed by atoms with Crippen LogP contribution >= 0.6 is 0 Å². The van der Waals surface area contributed by atoms with Crippen LogP contribution in [0, 0.1) is 0 Å². The molecule has 1 fully saturated rings. The molecule has 1 aliphatic rings. The maximum Gasteiger partial charge on any atom is 0.257 e. The van der Waals surface area contributed by atoms with E-state index in [2.05, 4.69) is 16.4 Å². The van der Waals surface area contributed by atoms with Crippen LogP contribution in [0.3, 0.4) is 0 Å². The highest BCUT2D eigenvalue weighted by Crippen LogP contribution is 2.23. The molecule has 144 valence electrons. The highest BCUT2D eigenvalue weighted by molar-refractivity contribution is 5.95. The van der Waals surface area contributed by atoms with Gasteiger partial charge in [-0.3, -0.25) is 9.59 Å². The smallest absolute Gasteiger partial charge is 0.257 e. The Morgan fingerprint density at radius 1 is 1.14 bits per heavy atom. The number of anilines is 1. The molecule has 1 aliphatic heterocycles. The normalized spacial score (nSPS) is 13.9. The fourth-order valence-electron chi connectivity index (χ4n) is 3.52. The van der Waals surface area contributed by atoms with E-state index in [0.29, 0.717) is 18.7 Å². The molecule has 2 aromatic carbocycles. The number of hydrogen-bond donors (Lipinski definition) is 2. The summed E-state index contributed by atoms with van der Waals surface area (Å²) in [5, 5.41) is 4.07. The average Bonchev–Trinajstić information content (AvgIpc) is 3.33. The molecule has 0 spiro atoms. The molecule has 4 rings (SSSR count). The molecule has 6 nitrogen and oxygen atoms in total. The molecule has 2 amide bonds. The third-order valence-corrected chi connectivity index (χ3v) is 4.98. The van der Waals surface area contributed by atoms with Gasteiger partial charge in [-0.2, -0.15) is 0 Å². The maximum atomic E-state index is 12.0. The minimum Gasteiger partial charge on any atom is -0.484 e. The molecule has 0 unspecified atom stereocenters. The predicted octanol–water partition coefficient (Wildman–Crippen LogP) is 3.03. The number of fused-ring (bicyclic) bond motifs is 1. The molecular weight excluding hydrogens is 354 g/mol. The number of hydrogen-bond acceptors (Lipinski definition) is 3. The second-order valence-electron chi connectivity index (χ2n) is 6.89. The number of benzene rings is 2. The van der Waals surface area contributed by atoms with Gasteiger partial charge in [-0.15, -0.1) is 0 Å². The van der Waals surface area contributed by atoms with Gasteiger partial charge in [0.05, 0.1) is 0 Å². The molecule has 1 saturated heterocycles. The number of rotatable bonds is 7. The van der Waals surface area contributed by atoms with Crippen LogP contribution in [0.1, 0.15) is 18.4 Å². The van der Waals surface area contributed by atoms with Crippen LogP contribution in [0.15, 0.2) is 54.7 Å². The number of carbonyl (C=O) groups excluding carboxylic acids is 2. The number of amides is 2. The van der Waals surface area contributed by atoms with E-state index in [1.165, 1.54) is 10.9 Å². The summed E-state index contributed by atoms with van der Waals surface area (Å²) in [7, 11) is 0. The van der Waals surface area contributed by atoms with Gasteiger partial charge in [-0.05, 0) is 48.7 Å². The van der Waals surface area contributed by atoms with E-state index in [-0.39, 0.29) is 18.4 Å². The number of carbonyl (C=O) groups is 2. The zero-order valence-electron chi connectivity index (χ0n) is 15.6. The SMILES string of the molecule is O=C(COc1ccc(N2CCCC2=O)cc1)NCCc1c[nH]c2ccccc12. The first kappa shape index (κ1) is 18.1. The van der Waals surface area contributed by atoms with Gasteiger partial charge in [0.2, 0.25) is 5.91 Å². The van der Waals surface area contributed by atoms with Crippen molar-refractivity contribution in [2.45, 2.75) is 19.3 Å². The van der Waals surface area contributed by atoms with Crippen LogP contribution in [0.4, 0.5) is 5.69 Å². The van der Waals surface area contributed by atoms with Gasteiger partial charge >= 0.3 is 0 Å². The molecule has 2 N–H and O–H groups in total. The monoisotopic (exact) mass is 377 g/mol. The molecule has 1 aromatic heterocycles. The van der Waals surface area contributed by atoms with E-state index in [9.17, 15) is 9.59 Å². The molecule has 6 heteroatoms. The highest BCUT2D eigenvalue weighted by Gasteiger charge is 2.21. The van der Waals surface area contributed by atoms with Crippen LogP contribution < -0.4 is 15.0 Å². The Hall–Kier alpha value is -3.28.